The Bertz CT molecular complexity index is 1760. The van der Waals surface area contributed by atoms with Gasteiger partial charge in [-0.15, -0.1) is 0 Å². The topological polar surface area (TPSA) is 114 Å². The number of rotatable bonds is 4. The molecule has 0 radical (unpaired) electrons. The van der Waals surface area contributed by atoms with E-state index in [9.17, 15) is 4.39 Å². The van der Waals surface area contributed by atoms with Gasteiger partial charge in [0, 0.05) is 35.9 Å². The molecule has 40 heavy (non-hydrogen) atoms. The maximum absolute atomic E-state index is 13.4. The predicted octanol–water partition coefficient (Wildman–Crippen LogP) is 4.50. The van der Waals surface area contributed by atoms with Gasteiger partial charge < -0.3 is 21.3 Å². The van der Waals surface area contributed by atoms with Crippen molar-refractivity contribution in [1.29, 1.82) is 0 Å². The van der Waals surface area contributed by atoms with Crippen molar-refractivity contribution in [3.05, 3.63) is 59.0 Å². The van der Waals surface area contributed by atoms with Gasteiger partial charge in [-0.1, -0.05) is 29.4 Å². The minimum Gasteiger partial charge on any atom is -0.382 e. The molecule has 1 spiro atoms. The van der Waals surface area contributed by atoms with Crippen LogP contribution in [0, 0.1) is 5.41 Å². The monoisotopic (exact) mass is 575 g/mol. The fourth-order valence-electron chi connectivity index (χ4n) is 6.56. The molecule has 4 N–H and O–H groups in total. The quantitative estimate of drug-likeness (QED) is 0.320. The van der Waals surface area contributed by atoms with Crippen LogP contribution in [0.1, 0.15) is 30.1 Å². The molecule has 2 aliphatic heterocycles. The number of fused-ring (bicyclic) bond motifs is 1. The summed E-state index contributed by atoms with van der Waals surface area (Å²) in [6.07, 6.45) is 5.59. The molecule has 7 heterocycles. The van der Waals surface area contributed by atoms with Crippen molar-refractivity contribution < 1.29 is 4.39 Å². The number of nitrogens with zero attached hydrogens (tertiary/aromatic N) is 7. The van der Waals surface area contributed by atoms with Crippen LogP contribution in [0.25, 0.3) is 16.8 Å². The largest absolute Gasteiger partial charge is 0.382 e. The van der Waals surface area contributed by atoms with Crippen LogP contribution in [0.15, 0.2) is 52.5 Å². The summed E-state index contributed by atoms with van der Waals surface area (Å²) >= 11 is 7.92. The van der Waals surface area contributed by atoms with Gasteiger partial charge in [-0.2, -0.15) is 0 Å². The highest BCUT2D eigenvalue weighted by Gasteiger charge is 2.47. The van der Waals surface area contributed by atoms with E-state index in [1.165, 1.54) is 11.8 Å². The van der Waals surface area contributed by atoms with Gasteiger partial charge in [0.2, 0.25) is 0 Å². The molecule has 8 rings (SSSR count). The van der Waals surface area contributed by atoms with Crippen LogP contribution < -0.4 is 21.3 Å². The lowest BCUT2D eigenvalue weighted by Gasteiger charge is -2.42. The molecule has 5 aromatic heterocycles. The van der Waals surface area contributed by atoms with Gasteiger partial charge in [0.05, 0.1) is 29.2 Å². The molecule has 0 amide bonds. The van der Waals surface area contributed by atoms with Crippen LogP contribution in [0.4, 0.5) is 21.8 Å². The minimum absolute atomic E-state index is 0.0176. The molecule has 1 aliphatic carbocycles. The van der Waals surface area contributed by atoms with Crippen LogP contribution in [0.5, 0.6) is 0 Å². The minimum atomic E-state index is -0.751. The second-order valence-electron chi connectivity index (χ2n) is 11.1. The van der Waals surface area contributed by atoms with E-state index in [2.05, 4.69) is 20.4 Å². The zero-order chi connectivity index (χ0) is 27.2. The lowest BCUT2D eigenvalue weighted by atomic mass is 9.73. The second kappa shape index (κ2) is 8.79. The van der Waals surface area contributed by atoms with Crippen LogP contribution in [0.2, 0.25) is 5.02 Å². The van der Waals surface area contributed by atoms with Crippen LogP contribution >= 0.6 is 23.4 Å². The zero-order valence-corrected chi connectivity index (χ0v) is 23.2. The van der Waals surface area contributed by atoms with E-state index in [1.807, 2.05) is 35.4 Å². The first-order valence-corrected chi connectivity index (χ1v) is 14.7. The van der Waals surface area contributed by atoms with Crippen molar-refractivity contribution in [3.63, 3.8) is 0 Å². The lowest BCUT2D eigenvalue weighted by molar-refractivity contribution is 0.187. The highest BCUT2D eigenvalue weighted by Crippen LogP contribution is 2.51. The number of nitrogen functional groups attached to an aromatic ring is 1. The van der Waals surface area contributed by atoms with Gasteiger partial charge in [-0.25, -0.2) is 24.3 Å². The van der Waals surface area contributed by atoms with E-state index < -0.39 is 6.17 Å². The van der Waals surface area contributed by atoms with Gasteiger partial charge in [0.15, 0.2) is 11.5 Å². The van der Waals surface area contributed by atoms with Crippen molar-refractivity contribution in [3.8, 4) is 0 Å². The number of anilines is 3. The summed E-state index contributed by atoms with van der Waals surface area (Å²) in [5.41, 5.74) is 17.7. The Morgan fingerprint density at radius 1 is 1.00 bits per heavy atom. The molecule has 2 fully saturated rings. The fourth-order valence-corrected chi connectivity index (χ4v) is 7.72. The maximum atomic E-state index is 13.4. The fraction of sp³-hybridized carbons (Fsp3) is 0.357. The van der Waals surface area contributed by atoms with E-state index in [1.54, 1.807) is 6.20 Å². The van der Waals surface area contributed by atoms with E-state index in [-0.39, 0.29) is 11.5 Å². The first-order chi connectivity index (χ1) is 19.4. The standard InChI is InChI=1S/C28H27ClFN9S/c29-23-19(5-8-33-25(23)32)40-20-2-4-22-36-26(18-12-34-27(20)39(18)22)37-9-6-28(7-10-37)11-17-16(24(28)31)1-3-21(35-17)38-13-15(30)14-38/h1-5,8,12,15,24H,6-7,9-11,13-14,31H2,(H2,32,33)/t24-/m1/s1. The van der Waals surface area contributed by atoms with Gasteiger partial charge >= 0.3 is 0 Å². The van der Waals surface area contributed by atoms with E-state index in [0.29, 0.717) is 23.9 Å². The Morgan fingerprint density at radius 3 is 2.62 bits per heavy atom. The highest BCUT2D eigenvalue weighted by atomic mass is 35.5. The van der Waals surface area contributed by atoms with Gasteiger partial charge in [-0.3, -0.25) is 4.40 Å². The number of piperidine rings is 1. The number of imidazole rings is 2. The third-order valence-corrected chi connectivity index (χ3v) is 10.5. The summed E-state index contributed by atoms with van der Waals surface area (Å²) in [6, 6.07) is 9.97. The summed E-state index contributed by atoms with van der Waals surface area (Å²) in [5.74, 6) is 2.13. The Balaban J connectivity index is 1.04. The third-order valence-electron chi connectivity index (χ3n) is 8.87. The smallest absolute Gasteiger partial charge is 0.157 e. The Labute approximate surface area is 239 Å². The van der Waals surface area contributed by atoms with Gasteiger partial charge in [0.1, 0.15) is 29.0 Å². The van der Waals surface area contributed by atoms with Crippen molar-refractivity contribution in [2.75, 3.05) is 41.7 Å². The van der Waals surface area contributed by atoms with Gasteiger partial charge in [0.25, 0.3) is 0 Å². The van der Waals surface area contributed by atoms with Crippen LogP contribution in [-0.4, -0.2) is 56.7 Å². The molecule has 9 nitrogen and oxygen atoms in total. The van der Waals surface area contributed by atoms with Crippen LogP contribution in [-0.2, 0) is 6.42 Å². The number of nitrogens with two attached hydrogens (primary N) is 2. The lowest BCUT2D eigenvalue weighted by Crippen LogP contribution is -2.48. The molecule has 3 aliphatic rings. The van der Waals surface area contributed by atoms with Crippen molar-refractivity contribution in [1.82, 2.24) is 24.3 Å². The maximum Gasteiger partial charge on any atom is 0.157 e. The number of aromatic nitrogens is 5. The van der Waals surface area contributed by atoms with Crippen LogP contribution in [0.3, 0.4) is 0 Å². The summed E-state index contributed by atoms with van der Waals surface area (Å²) in [5, 5.41) is 0.447. The SMILES string of the molecule is Nc1nccc(Sc2ccc3nc(N4CCC5(CC4)Cc4nc(N6CC(F)C6)ccc4[C@H]5N)c4cnc2n34)c1Cl. The summed E-state index contributed by atoms with van der Waals surface area (Å²) < 4.78 is 15.5. The third kappa shape index (κ3) is 3.57. The Morgan fingerprint density at radius 2 is 1.82 bits per heavy atom. The molecular formula is C28H27ClFN9S. The predicted molar refractivity (Wildman–Crippen MR) is 155 cm³/mol. The molecule has 5 aromatic rings. The van der Waals surface area contributed by atoms with Crippen molar-refractivity contribution in [2.45, 2.75) is 41.3 Å². The van der Waals surface area contributed by atoms with E-state index >= 15 is 0 Å². The van der Waals surface area contributed by atoms with Crippen molar-refractivity contribution >= 4 is 57.6 Å². The number of halogens is 2. The van der Waals surface area contributed by atoms with E-state index in [4.69, 9.17) is 38.0 Å². The second-order valence-corrected chi connectivity index (χ2v) is 12.6. The van der Waals surface area contributed by atoms with Gasteiger partial charge in [-0.05, 0) is 54.5 Å². The number of pyridine rings is 3. The zero-order valence-electron chi connectivity index (χ0n) is 21.6. The first-order valence-electron chi connectivity index (χ1n) is 13.5. The molecule has 204 valence electrons. The summed E-state index contributed by atoms with van der Waals surface area (Å²) in [6.45, 7) is 2.57. The molecule has 2 saturated heterocycles. The molecule has 0 saturated carbocycles. The number of alkyl halides is 1. The highest BCUT2D eigenvalue weighted by molar-refractivity contribution is 7.99. The molecule has 0 bridgehead atoms. The molecule has 1 atom stereocenters. The van der Waals surface area contributed by atoms with E-state index in [0.717, 1.165) is 81.8 Å². The molecule has 0 aromatic carbocycles. The number of hydrogen-bond donors (Lipinski definition) is 2. The Hall–Kier alpha value is -3.41. The normalized spacial score (nSPS) is 20.6. The molecular weight excluding hydrogens is 549 g/mol. The average molecular weight is 576 g/mol. The molecule has 0 unspecified atom stereocenters. The Kier molecular flexibility index (Phi) is 5.36. The number of hydrogen-bond acceptors (Lipinski definition) is 9. The van der Waals surface area contributed by atoms with Crippen molar-refractivity contribution in [2.24, 2.45) is 11.1 Å². The molecule has 12 heteroatoms. The average Bonchev–Trinajstić information content (AvgIpc) is 3.61. The first kappa shape index (κ1) is 24.4. The summed E-state index contributed by atoms with van der Waals surface area (Å²) in [4.78, 5) is 24.9. The summed E-state index contributed by atoms with van der Waals surface area (Å²) in [7, 11) is 0.